The SMILES string of the molecule is CCNC(=NCc1ccc(Cl)cc1)NCc1nnc2n1CCC2. The Hall–Kier alpha value is -2.08. The van der Waals surface area contributed by atoms with E-state index < -0.39 is 0 Å². The fraction of sp³-hybridized carbons (Fsp3) is 0.438. The maximum atomic E-state index is 5.90. The molecule has 0 unspecified atom stereocenters. The van der Waals surface area contributed by atoms with Crippen molar-refractivity contribution in [1.29, 1.82) is 0 Å². The molecule has 122 valence electrons. The summed E-state index contributed by atoms with van der Waals surface area (Å²) in [5.74, 6) is 2.83. The number of halogens is 1. The van der Waals surface area contributed by atoms with Gasteiger partial charge >= 0.3 is 0 Å². The second-order valence-corrected chi connectivity index (χ2v) is 5.90. The molecule has 23 heavy (non-hydrogen) atoms. The van der Waals surface area contributed by atoms with E-state index in [0.29, 0.717) is 13.1 Å². The van der Waals surface area contributed by atoms with Gasteiger partial charge in [-0.2, -0.15) is 0 Å². The number of hydrogen-bond donors (Lipinski definition) is 2. The molecule has 0 amide bonds. The predicted molar refractivity (Wildman–Crippen MR) is 91.5 cm³/mol. The number of nitrogens with one attached hydrogen (secondary N) is 2. The first-order valence-corrected chi connectivity index (χ1v) is 8.31. The molecule has 2 heterocycles. The highest BCUT2D eigenvalue weighted by Crippen LogP contribution is 2.13. The monoisotopic (exact) mass is 332 g/mol. The fourth-order valence-electron chi connectivity index (χ4n) is 2.61. The third kappa shape index (κ3) is 4.01. The Morgan fingerprint density at radius 3 is 2.87 bits per heavy atom. The Morgan fingerprint density at radius 2 is 2.09 bits per heavy atom. The number of aryl methyl sites for hydroxylation is 1. The van der Waals surface area contributed by atoms with Crippen LogP contribution in [0.15, 0.2) is 29.3 Å². The smallest absolute Gasteiger partial charge is 0.191 e. The fourth-order valence-corrected chi connectivity index (χ4v) is 2.73. The predicted octanol–water partition coefficient (Wildman–Crippen LogP) is 2.13. The molecular weight excluding hydrogens is 312 g/mol. The lowest BCUT2D eigenvalue weighted by molar-refractivity contribution is 0.663. The van der Waals surface area contributed by atoms with Gasteiger partial charge in [0.15, 0.2) is 11.8 Å². The first-order chi connectivity index (χ1) is 11.3. The number of benzene rings is 1. The Labute approximate surface area is 141 Å². The van der Waals surface area contributed by atoms with Crippen LogP contribution in [0.4, 0.5) is 0 Å². The summed E-state index contributed by atoms with van der Waals surface area (Å²) < 4.78 is 2.19. The van der Waals surface area contributed by atoms with Crippen LogP contribution in [0.2, 0.25) is 5.02 Å². The van der Waals surface area contributed by atoms with Crippen LogP contribution < -0.4 is 10.6 Å². The first-order valence-electron chi connectivity index (χ1n) is 7.94. The van der Waals surface area contributed by atoms with Gasteiger partial charge in [-0.15, -0.1) is 10.2 Å². The van der Waals surface area contributed by atoms with E-state index in [0.717, 1.165) is 54.1 Å². The van der Waals surface area contributed by atoms with Crippen molar-refractivity contribution in [3.63, 3.8) is 0 Å². The maximum Gasteiger partial charge on any atom is 0.191 e. The largest absolute Gasteiger partial charge is 0.357 e. The third-order valence-corrected chi connectivity index (χ3v) is 4.03. The molecule has 0 saturated heterocycles. The lowest BCUT2D eigenvalue weighted by Crippen LogP contribution is -2.37. The molecule has 1 aliphatic rings. The number of guanidine groups is 1. The number of fused-ring (bicyclic) bond motifs is 1. The normalized spacial score (nSPS) is 13.9. The van der Waals surface area contributed by atoms with Crippen LogP contribution >= 0.6 is 11.6 Å². The number of hydrogen-bond acceptors (Lipinski definition) is 3. The standard InChI is InChI=1S/C16H21ClN6/c1-2-18-16(19-10-12-5-7-13(17)8-6-12)20-11-15-22-21-14-4-3-9-23(14)15/h5-8H,2-4,9-11H2,1H3,(H2,18,19,20). The van der Waals surface area contributed by atoms with Gasteiger partial charge in [0.1, 0.15) is 5.82 Å². The highest BCUT2D eigenvalue weighted by Gasteiger charge is 2.16. The van der Waals surface area contributed by atoms with Crippen molar-refractivity contribution < 1.29 is 0 Å². The highest BCUT2D eigenvalue weighted by molar-refractivity contribution is 6.30. The van der Waals surface area contributed by atoms with Gasteiger partial charge in [-0.25, -0.2) is 4.99 Å². The average molecular weight is 333 g/mol. The van der Waals surface area contributed by atoms with Gasteiger partial charge in [0.2, 0.25) is 0 Å². The summed E-state index contributed by atoms with van der Waals surface area (Å²) >= 11 is 5.90. The van der Waals surface area contributed by atoms with E-state index in [1.54, 1.807) is 0 Å². The molecule has 1 aliphatic heterocycles. The van der Waals surface area contributed by atoms with Crippen molar-refractivity contribution >= 4 is 17.6 Å². The average Bonchev–Trinajstić information content (AvgIpc) is 3.15. The van der Waals surface area contributed by atoms with Crippen molar-refractivity contribution in [3.8, 4) is 0 Å². The summed E-state index contributed by atoms with van der Waals surface area (Å²) in [7, 11) is 0. The van der Waals surface area contributed by atoms with Crippen molar-refractivity contribution in [2.24, 2.45) is 4.99 Å². The van der Waals surface area contributed by atoms with Crippen LogP contribution in [0.3, 0.4) is 0 Å². The molecular formula is C16H21ClN6. The van der Waals surface area contributed by atoms with Gasteiger partial charge in [-0.3, -0.25) is 0 Å². The van der Waals surface area contributed by atoms with Crippen molar-refractivity contribution in [2.45, 2.75) is 39.4 Å². The van der Waals surface area contributed by atoms with Crippen molar-refractivity contribution in [3.05, 3.63) is 46.5 Å². The molecule has 6 nitrogen and oxygen atoms in total. The van der Waals surface area contributed by atoms with Gasteiger partial charge in [-0.05, 0) is 31.0 Å². The Morgan fingerprint density at radius 1 is 1.26 bits per heavy atom. The van der Waals surface area contributed by atoms with E-state index in [4.69, 9.17) is 11.6 Å². The highest BCUT2D eigenvalue weighted by atomic mass is 35.5. The summed E-state index contributed by atoms with van der Waals surface area (Å²) in [6.07, 6.45) is 2.18. The molecule has 0 radical (unpaired) electrons. The zero-order valence-corrected chi connectivity index (χ0v) is 14.0. The second-order valence-electron chi connectivity index (χ2n) is 5.46. The summed E-state index contributed by atoms with van der Waals surface area (Å²) in [5.41, 5.74) is 1.12. The van der Waals surface area contributed by atoms with Gasteiger partial charge in [-0.1, -0.05) is 23.7 Å². The Balaban J connectivity index is 1.61. The van der Waals surface area contributed by atoms with Crippen molar-refractivity contribution in [1.82, 2.24) is 25.4 Å². The van der Waals surface area contributed by atoms with Crippen LogP contribution in [-0.4, -0.2) is 27.3 Å². The molecule has 1 aromatic heterocycles. The van der Waals surface area contributed by atoms with Crippen LogP contribution in [0.5, 0.6) is 0 Å². The molecule has 2 aromatic rings. The zero-order valence-electron chi connectivity index (χ0n) is 13.2. The van der Waals surface area contributed by atoms with E-state index >= 15 is 0 Å². The van der Waals surface area contributed by atoms with Crippen LogP contribution in [0.25, 0.3) is 0 Å². The summed E-state index contributed by atoms with van der Waals surface area (Å²) in [6, 6.07) is 7.74. The molecule has 0 aliphatic carbocycles. The first kappa shape index (κ1) is 15.8. The summed E-state index contributed by atoms with van der Waals surface area (Å²) in [4.78, 5) is 4.60. The summed E-state index contributed by atoms with van der Waals surface area (Å²) in [6.45, 7) is 5.10. The summed E-state index contributed by atoms with van der Waals surface area (Å²) in [5, 5.41) is 15.8. The van der Waals surface area contributed by atoms with Crippen LogP contribution in [0.1, 0.15) is 30.6 Å². The molecule has 0 atom stereocenters. The molecule has 7 heteroatoms. The van der Waals surface area contributed by atoms with Gasteiger partial charge in [0.25, 0.3) is 0 Å². The molecule has 0 fully saturated rings. The lowest BCUT2D eigenvalue weighted by Gasteiger charge is -2.11. The number of nitrogens with zero attached hydrogens (tertiary/aromatic N) is 4. The Bertz CT molecular complexity index is 676. The van der Waals surface area contributed by atoms with Crippen LogP contribution in [0, 0.1) is 0 Å². The third-order valence-electron chi connectivity index (χ3n) is 3.78. The topological polar surface area (TPSA) is 67.1 Å². The van der Waals surface area contributed by atoms with Crippen LogP contribution in [-0.2, 0) is 26.1 Å². The number of rotatable bonds is 5. The van der Waals surface area contributed by atoms with E-state index in [9.17, 15) is 0 Å². The quantitative estimate of drug-likeness (QED) is 0.650. The van der Waals surface area contributed by atoms with Crippen molar-refractivity contribution in [2.75, 3.05) is 6.54 Å². The Kier molecular flexibility index (Phi) is 5.12. The maximum absolute atomic E-state index is 5.90. The minimum Gasteiger partial charge on any atom is -0.357 e. The molecule has 0 spiro atoms. The molecule has 3 rings (SSSR count). The molecule has 1 aromatic carbocycles. The zero-order chi connectivity index (χ0) is 16.1. The van der Waals surface area contributed by atoms with E-state index in [1.807, 2.05) is 31.2 Å². The second kappa shape index (κ2) is 7.46. The van der Waals surface area contributed by atoms with Gasteiger partial charge in [0.05, 0.1) is 13.1 Å². The van der Waals surface area contributed by atoms with Gasteiger partial charge in [0, 0.05) is 24.5 Å². The molecule has 0 bridgehead atoms. The number of aromatic nitrogens is 3. The van der Waals surface area contributed by atoms with E-state index in [1.165, 1.54) is 0 Å². The minimum absolute atomic E-state index is 0.602. The molecule has 0 saturated carbocycles. The molecule has 2 N–H and O–H groups in total. The number of aliphatic imine (C=N–C) groups is 1. The van der Waals surface area contributed by atoms with E-state index in [2.05, 4.69) is 30.4 Å². The lowest BCUT2D eigenvalue weighted by atomic mass is 10.2. The van der Waals surface area contributed by atoms with Gasteiger partial charge < -0.3 is 15.2 Å². The minimum atomic E-state index is 0.602. The van der Waals surface area contributed by atoms with E-state index in [-0.39, 0.29) is 0 Å².